The van der Waals surface area contributed by atoms with Gasteiger partial charge in [0, 0.05) is 19.0 Å². The van der Waals surface area contributed by atoms with Gasteiger partial charge in [0.15, 0.2) is 0 Å². The second-order valence-electron chi connectivity index (χ2n) is 3.82. The standard InChI is InChI=1S/C11H13FN2/c1-7(2)11-13-9-6-8(12)4-5-10(9)14(11)3/h4-7H,1-3H3. The molecular formula is C11H13FN2. The van der Waals surface area contributed by atoms with Crippen LogP contribution >= 0.6 is 0 Å². The van der Waals surface area contributed by atoms with Crippen LogP contribution in [-0.2, 0) is 7.05 Å². The third-order valence-corrected chi connectivity index (χ3v) is 2.39. The summed E-state index contributed by atoms with van der Waals surface area (Å²) < 4.78 is 14.9. The van der Waals surface area contributed by atoms with E-state index in [9.17, 15) is 4.39 Å². The summed E-state index contributed by atoms with van der Waals surface area (Å²) in [6.45, 7) is 4.16. The van der Waals surface area contributed by atoms with Crippen molar-refractivity contribution in [2.75, 3.05) is 0 Å². The van der Waals surface area contributed by atoms with Crippen LogP contribution in [0.1, 0.15) is 25.6 Å². The van der Waals surface area contributed by atoms with Gasteiger partial charge in [0.25, 0.3) is 0 Å². The van der Waals surface area contributed by atoms with E-state index in [0.717, 1.165) is 16.9 Å². The average molecular weight is 192 g/mol. The number of aromatic nitrogens is 2. The summed E-state index contributed by atoms with van der Waals surface area (Å²) in [5.41, 5.74) is 1.71. The largest absolute Gasteiger partial charge is 0.331 e. The molecule has 0 aliphatic rings. The van der Waals surface area contributed by atoms with Crippen molar-refractivity contribution in [2.24, 2.45) is 7.05 Å². The Morgan fingerprint density at radius 1 is 1.36 bits per heavy atom. The summed E-state index contributed by atoms with van der Waals surface area (Å²) in [5.74, 6) is 1.12. The quantitative estimate of drug-likeness (QED) is 0.679. The third kappa shape index (κ3) is 1.29. The smallest absolute Gasteiger partial charge is 0.125 e. The van der Waals surface area contributed by atoms with E-state index in [4.69, 9.17) is 0 Å². The Kier molecular flexibility index (Phi) is 2.02. The van der Waals surface area contributed by atoms with Gasteiger partial charge in [-0.15, -0.1) is 0 Å². The first-order valence-corrected chi connectivity index (χ1v) is 4.71. The molecule has 0 unspecified atom stereocenters. The summed E-state index contributed by atoms with van der Waals surface area (Å²) in [5, 5.41) is 0. The number of benzene rings is 1. The minimum Gasteiger partial charge on any atom is -0.331 e. The lowest BCUT2D eigenvalue weighted by Crippen LogP contribution is -1.99. The Bertz CT molecular complexity index is 471. The van der Waals surface area contributed by atoms with Crippen molar-refractivity contribution in [2.45, 2.75) is 19.8 Å². The molecule has 0 saturated carbocycles. The van der Waals surface area contributed by atoms with Crippen LogP contribution in [0.2, 0.25) is 0 Å². The SMILES string of the molecule is CC(C)c1nc2cc(F)ccc2n1C. The summed E-state index contributed by atoms with van der Waals surface area (Å²) >= 11 is 0. The van der Waals surface area contributed by atoms with Crippen LogP contribution in [0.15, 0.2) is 18.2 Å². The van der Waals surface area contributed by atoms with E-state index in [1.165, 1.54) is 12.1 Å². The van der Waals surface area contributed by atoms with Gasteiger partial charge in [0.2, 0.25) is 0 Å². The van der Waals surface area contributed by atoms with Crippen molar-refractivity contribution >= 4 is 11.0 Å². The molecule has 14 heavy (non-hydrogen) atoms. The normalized spacial score (nSPS) is 11.5. The van der Waals surface area contributed by atoms with Gasteiger partial charge in [-0.3, -0.25) is 0 Å². The number of fused-ring (bicyclic) bond motifs is 1. The molecule has 2 rings (SSSR count). The van der Waals surface area contributed by atoms with Gasteiger partial charge in [0.1, 0.15) is 11.6 Å². The summed E-state index contributed by atoms with van der Waals surface area (Å²) in [6.07, 6.45) is 0. The van der Waals surface area contributed by atoms with E-state index >= 15 is 0 Å². The maximum atomic E-state index is 12.9. The first-order valence-electron chi connectivity index (χ1n) is 4.71. The second kappa shape index (κ2) is 3.08. The molecule has 2 aromatic rings. The van der Waals surface area contributed by atoms with E-state index in [1.54, 1.807) is 6.07 Å². The predicted octanol–water partition coefficient (Wildman–Crippen LogP) is 2.84. The Balaban J connectivity index is 2.73. The molecule has 0 atom stereocenters. The van der Waals surface area contributed by atoms with Crippen molar-refractivity contribution in [1.82, 2.24) is 9.55 Å². The summed E-state index contributed by atoms with van der Waals surface area (Å²) in [6, 6.07) is 4.71. The molecule has 0 radical (unpaired) electrons. The van der Waals surface area contributed by atoms with Crippen molar-refractivity contribution < 1.29 is 4.39 Å². The predicted molar refractivity (Wildman–Crippen MR) is 54.8 cm³/mol. The minimum atomic E-state index is -0.231. The number of hydrogen-bond acceptors (Lipinski definition) is 1. The maximum Gasteiger partial charge on any atom is 0.125 e. The highest BCUT2D eigenvalue weighted by Gasteiger charge is 2.10. The van der Waals surface area contributed by atoms with Crippen molar-refractivity contribution in [3.8, 4) is 0 Å². The van der Waals surface area contributed by atoms with Crippen LogP contribution in [0.4, 0.5) is 4.39 Å². The van der Waals surface area contributed by atoms with Crippen LogP contribution in [0.25, 0.3) is 11.0 Å². The van der Waals surface area contributed by atoms with E-state index < -0.39 is 0 Å². The molecule has 0 N–H and O–H groups in total. The molecule has 1 aromatic heterocycles. The molecule has 1 heterocycles. The molecule has 0 fully saturated rings. The number of imidazole rings is 1. The van der Waals surface area contributed by atoms with Gasteiger partial charge in [-0.05, 0) is 12.1 Å². The Labute approximate surface area is 82.4 Å². The monoisotopic (exact) mass is 192 g/mol. The lowest BCUT2D eigenvalue weighted by molar-refractivity contribution is 0.629. The van der Waals surface area contributed by atoms with Crippen LogP contribution in [-0.4, -0.2) is 9.55 Å². The average Bonchev–Trinajstić information content (AvgIpc) is 2.43. The summed E-state index contributed by atoms with van der Waals surface area (Å²) in [4.78, 5) is 4.40. The van der Waals surface area contributed by atoms with Crippen molar-refractivity contribution in [3.05, 3.63) is 29.8 Å². The molecule has 0 aliphatic carbocycles. The van der Waals surface area contributed by atoms with E-state index in [1.807, 2.05) is 11.6 Å². The van der Waals surface area contributed by atoms with E-state index in [0.29, 0.717) is 5.92 Å². The van der Waals surface area contributed by atoms with E-state index in [-0.39, 0.29) is 5.82 Å². The molecule has 0 saturated heterocycles. The zero-order valence-corrected chi connectivity index (χ0v) is 8.58. The molecule has 74 valence electrons. The molecule has 1 aromatic carbocycles. The lowest BCUT2D eigenvalue weighted by atomic mass is 10.2. The molecule has 2 nitrogen and oxygen atoms in total. The second-order valence-corrected chi connectivity index (χ2v) is 3.82. The highest BCUT2D eigenvalue weighted by Crippen LogP contribution is 2.20. The lowest BCUT2D eigenvalue weighted by Gasteiger charge is -2.04. The third-order valence-electron chi connectivity index (χ3n) is 2.39. The van der Waals surface area contributed by atoms with Crippen molar-refractivity contribution in [1.29, 1.82) is 0 Å². The van der Waals surface area contributed by atoms with Crippen molar-refractivity contribution in [3.63, 3.8) is 0 Å². The highest BCUT2D eigenvalue weighted by atomic mass is 19.1. The summed E-state index contributed by atoms with van der Waals surface area (Å²) in [7, 11) is 1.96. The Hall–Kier alpha value is -1.38. The molecule has 0 bridgehead atoms. The minimum absolute atomic E-state index is 0.231. The zero-order chi connectivity index (χ0) is 10.3. The molecule has 0 aliphatic heterocycles. The van der Waals surface area contributed by atoms with Gasteiger partial charge < -0.3 is 4.57 Å². The van der Waals surface area contributed by atoms with Crippen LogP contribution < -0.4 is 0 Å². The maximum absolute atomic E-state index is 12.9. The number of hydrogen-bond donors (Lipinski definition) is 0. The first kappa shape index (κ1) is 9.19. The molecule has 3 heteroatoms. The first-order chi connectivity index (χ1) is 6.59. The molecule has 0 amide bonds. The number of rotatable bonds is 1. The van der Waals surface area contributed by atoms with Crippen LogP contribution in [0.3, 0.4) is 0 Å². The van der Waals surface area contributed by atoms with Crippen LogP contribution in [0, 0.1) is 5.82 Å². The van der Waals surface area contributed by atoms with Crippen LogP contribution in [0.5, 0.6) is 0 Å². The van der Waals surface area contributed by atoms with Gasteiger partial charge in [-0.1, -0.05) is 13.8 Å². The fourth-order valence-electron chi connectivity index (χ4n) is 1.71. The number of halogens is 1. The Morgan fingerprint density at radius 3 is 2.71 bits per heavy atom. The van der Waals surface area contributed by atoms with Gasteiger partial charge in [-0.25, -0.2) is 9.37 Å². The highest BCUT2D eigenvalue weighted by molar-refractivity contribution is 5.76. The molecular weight excluding hydrogens is 179 g/mol. The number of nitrogens with zero attached hydrogens (tertiary/aromatic N) is 2. The van der Waals surface area contributed by atoms with Gasteiger partial charge >= 0.3 is 0 Å². The van der Waals surface area contributed by atoms with Gasteiger partial charge in [-0.2, -0.15) is 0 Å². The molecule has 0 spiro atoms. The Morgan fingerprint density at radius 2 is 2.07 bits per heavy atom. The fraction of sp³-hybridized carbons (Fsp3) is 0.364. The topological polar surface area (TPSA) is 17.8 Å². The van der Waals surface area contributed by atoms with E-state index in [2.05, 4.69) is 18.8 Å². The van der Waals surface area contributed by atoms with Gasteiger partial charge in [0.05, 0.1) is 11.0 Å². The zero-order valence-electron chi connectivity index (χ0n) is 8.58. The fourth-order valence-corrected chi connectivity index (χ4v) is 1.71. The number of aryl methyl sites for hydroxylation is 1.